The summed E-state index contributed by atoms with van der Waals surface area (Å²) < 4.78 is 27.9. The minimum absolute atomic E-state index is 0.00638. The highest BCUT2D eigenvalue weighted by molar-refractivity contribution is 7.89. The van der Waals surface area contributed by atoms with Crippen LogP contribution in [0.4, 0.5) is 4.79 Å². The first-order valence-electron chi connectivity index (χ1n) is 18.4. The number of amides is 5. The molecule has 2 saturated heterocycles. The van der Waals surface area contributed by atoms with Gasteiger partial charge >= 0.3 is 6.03 Å². The van der Waals surface area contributed by atoms with Crippen molar-refractivity contribution in [2.45, 2.75) is 142 Å². The van der Waals surface area contributed by atoms with Crippen molar-refractivity contribution in [3.8, 4) is 0 Å². The van der Waals surface area contributed by atoms with Gasteiger partial charge in [0.05, 0.1) is 17.3 Å². The molecule has 3 aliphatic carbocycles. The zero-order chi connectivity index (χ0) is 35.9. The Morgan fingerprint density at radius 1 is 0.939 bits per heavy atom. The van der Waals surface area contributed by atoms with Gasteiger partial charge in [0, 0.05) is 25.7 Å². The van der Waals surface area contributed by atoms with E-state index >= 15 is 0 Å². The Balaban J connectivity index is 1.32. The van der Waals surface area contributed by atoms with E-state index in [2.05, 4.69) is 35.1 Å². The van der Waals surface area contributed by atoms with E-state index in [9.17, 15) is 32.4 Å². The number of sulfonamides is 1. The van der Waals surface area contributed by atoms with Crippen LogP contribution < -0.4 is 21.3 Å². The summed E-state index contributed by atoms with van der Waals surface area (Å²) >= 11 is 0. The van der Waals surface area contributed by atoms with Crippen molar-refractivity contribution >= 4 is 39.6 Å². The Morgan fingerprint density at radius 3 is 2.14 bits per heavy atom. The summed E-state index contributed by atoms with van der Waals surface area (Å²) in [6, 6.07) is -3.47. The normalized spacial score (nSPS) is 27.1. The van der Waals surface area contributed by atoms with Crippen LogP contribution in [0.2, 0.25) is 0 Å². The number of fused-ring (bicyclic) bond motifs is 1. The van der Waals surface area contributed by atoms with Gasteiger partial charge in [-0.2, -0.15) is 0 Å². The highest BCUT2D eigenvalue weighted by Gasteiger charge is 2.70. The lowest BCUT2D eigenvalue weighted by Gasteiger charge is -2.42. The molecule has 276 valence electrons. The summed E-state index contributed by atoms with van der Waals surface area (Å²) in [7, 11) is -3.55. The number of likely N-dealkylation sites (tertiary alicyclic amines) is 1. The van der Waals surface area contributed by atoms with E-state index in [0.29, 0.717) is 45.3 Å². The van der Waals surface area contributed by atoms with E-state index in [1.807, 2.05) is 27.7 Å². The molecule has 13 nitrogen and oxygen atoms in total. The lowest BCUT2D eigenvalue weighted by atomic mass is 9.83. The van der Waals surface area contributed by atoms with Gasteiger partial charge in [0.15, 0.2) is 0 Å². The molecule has 3 saturated carbocycles. The molecule has 0 bridgehead atoms. The van der Waals surface area contributed by atoms with Crippen LogP contribution in [-0.4, -0.2) is 102 Å². The van der Waals surface area contributed by atoms with Gasteiger partial charge in [-0.1, -0.05) is 73.6 Å². The van der Waals surface area contributed by atoms with Crippen molar-refractivity contribution in [1.82, 2.24) is 30.5 Å². The second kappa shape index (κ2) is 14.1. The van der Waals surface area contributed by atoms with E-state index < -0.39 is 68.6 Å². The molecule has 4 N–H and O–H groups in total. The third-order valence-corrected chi connectivity index (χ3v) is 13.7. The van der Waals surface area contributed by atoms with Gasteiger partial charge in [0.25, 0.3) is 5.91 Å². The van der Waals surface area contributed by atoms with Gasteiger partial charge in [0.2, 0.25) is 27.6 Å². The van der Waals surface area contributed by atoms with Gasteiger partial charge in [-0.25, -0.2) is 17.5 Å². The molecule has 5 atom stereocenters. The minimum Gasteiger partial charge on any atom is -0.347 e. The molecule has 2 aliphatic heterocycles. The van der Waals surface area contributed by atoms with E-state index in [1.54, 1.807) is 4.90 Å². The second-order valence-electron chi connectivity index (χ2n) is 17.0. The molecule has 0 unspecified atom stereocenters. The van der Waals surface area contributed by atoms with Crippen molar-refractivity contribution in [3.05, 3.63) is 0 Å². The summed E-state index contributed by atoms with van der Waals surface area (Å²) in [5.74, 6) is -2.47. The summed E-state index contributed by atoms with van der Waals surface area (Å²) in [5, 5.41) is 11.5. The van der Waals surface area contributed by atoms with Crippen LogP contribution in [0.1, 0.15) is 112 Å². The van der Waals surface area contributed by atoms with E-state index in [-0.39, 0.29) is 29.0 Å². The smallest absolute Gasteiger partial charge is 0.315 e. The number of hydrogen-bond donors (Lipinski definition) is 4. The molecular weight excluding hydrogens is 648 g/mol. The van der Waals surface area contributed by atoms with Crippen molar-refractivity contribution in [2.24, 2.45) is 22.7 Å². The van der Waals surface area contributed by atoms with Crippen LogP contribution in [0.3, 0.4) is 0 Å². The topological polar surface area (TPSA) is 174 Å². The maximum absolute atomic E-state index is 14.5. The van der Waals surface area contributed by atoms with Crippen LogP contribution in [0, 0.1) is 22.7 Å². The number of hydrogen-bond acceptors (Lipinski definition) is 7. The molecule has 0 aromatic heterocycles. The van der Waals surface area contributed by atoms with Crippen molar-refractivity contribution in [3.63, 3.8) is 0 Å². The van der Waals surface area contributed by atoms with E-state index in [4.69, 9.17) is 0 Å². The predicted octanol–water partition coefficient (Wildman–Crippen LogP) is 2.44. The zero-order valence-electron chi connectivity index (χ0n) is 30.2. The monoisotopic (exact) mass is 706 g/mol. The molecule has 0 radical (unpaired) electrons. The molecular formula is C35H58N6O7S. The predicted molar refractivity (Wildman–Crippen MR) is 185 cm³/mol. The van der Waals surface area contributed by atoms with Crippen LogP contribution in [0.15, 0.2) is 0 Å². The number of piperidine rings is 1. The number of unbranched alkanes of at least 4 members (excludes halogenated alkanes) is 1. The number of carbonyl (C=O) groups excluding carboxylic acids is 5. The Labute approximate surface area is 291 Å². The number of nitrogens with zero attached hydrogens (tertiary/aromatic N) is 2. The average Bonchev–Trinajstić information content (AvgIpc) is 3.82. The lowest BCUT2D eigenvalue weighted by molar-refractivity contribution is -0.145. The third kappa shape index (κ3) is 8.26. The molecule has 0 spiro atoms. The summed E-state index contributed by atoms with van der Waals surface area (Å²) in [6.07, 6.45) is 7.86. The quantitative estimate of drug-likeness (QED) is 0.201. The standard InChI is InChI=1S/C35H58N6O7S/c1-7-8-13-24(27(42)30(44)36-22-14-15-22)37-29(43)26-25-23(34(25,5)6)20-41(26)31(45)28(33(2,3)4)38-32(46)39-35(16-10-9-11-17-35)21-49(47,48)40-18-12-19-40/h22-26,28H,7-21H2,1-6H3,(H,36,44)(H,37,43)(H2,38,39,46)/t23-,24-,25-,26-,28+/m0/s1. The van der Waals surface area contributed by atoms with Gasteiger partial charge in [-0.15, -0.1) is 0 Å². The zero-order valence-corrected chi connectivity index (χ0v) is 31.0. The molecule has 0 aromatic rings. The molecule has 5 aliphatic rings. The van der Waals surface area contributed by atoms with Gasteiger partial charge in [0.1, 0.15) is 12.1 Å². The number of urea groups is 1. The molecule has 5 rings (SSSR count). The fraction of sp³-hybridized carbons (Fsp3) is 0.857. The van der Waals surface area contributed by atoms with Crippen LogP contribution in [-0.2, 0) is 29.2 Å². The van der Waals surface area contributed by atoms with Crippen molar-refractivity contribution < 1.29 is 32.4 Å². The first-order valence-corrected chi connectivity index (χ1v) is 20.0. The van der Waals surface area contributed by atoms with E-state index in [0.717, 1.165) is 44.9 Å². The summed E-state index contributed by atoms with van der Waals surface area (Å²) in [5.41, 5.74) is -1.88. The Bertz CT molecular complexity index is 1410. The van der Waals surface area contributed by atoms with Crippen molar-refractivity contribution in [1.29, 1.82) is 0 Å². The molecule has 49 heavy (non-hydrogen) atoms. The molecule has 5 fully saturated rings. The van der Waals surface area contributed by atoms with Crippen LogP contribution >= 0.6 is 0 Å². The first-order chi connectivity index (χ1) is 22.9. The fourth-order valence-corrected chi connectivity index (χ4v) is 10.2. The van der Waals surface area contributed by atoms with Crippen molar-refractivity contribution in [2.75, 3.05) is 25.4 Å². The Morgan fingerprint density at radius 2 is 1.59 bits per heavy atom. The SMILES string of the molecule is CCCC[C@H](NC(=O)[C@@H]1[C@@H]2[C@H](CN1C(=O)[C@@H](NC(=O)NC1(CS(=O)(=O)N3CCC3)CCCCC1)C(C)(C)C)C2(C)C)C(=O)C(=O)NC1CC1. The summed E-state index contributed by atoms with van der Waals surface area (Å²) in [4.78, 5) is 69.7. The molecule has 2 heterocycles. The maximum Gasteiger partial charge on any atom is 0.315 e. The van der Waals surface area contributed by atoms with Crippen LogP contribution in [0.25, 0.3) is 0 Å². The third-order valence-electron chi connectivity index (χ3n) is 11.6. The van der Waals surface area contributed by atoms with Gasteiger partial charge < -0.3 is 26.2 Å². The van der Waals surface area contributed by atoms with Gasteiger partial charge in [-0.3, -0.25) is 19.2 Å². The molecule has 14 heteroatoms. The highest BCUT2D eigenvalue weighted by atomic mass is 32.2. The summed E-state index contributed by atoms with van der Waals surface area (Å²) in [6.45, 7) is 13.0. The molecule has 5 amide bonds. The Kier molecular flexibility index (Phi) is 10.8. The van der Waals surface area contributed by atoms with E-state index in [1.165, 1.54) is 4.31 Å². The molecule has 0 aromatic carbocycles. The number of nitrogens with one attached hydrogen (secondary N) is 4. The largest absolute Gasteiger partial charge is 0.347 e. The lowest BCUT2D eigenvalue weighted by Crippen LogP contribution is -2.64. The average molecular weight is 707 g/mol. The number of carbonyl (C=O) groups is 5. The first kappa shape index (κ1) is 37.5. The Hall–Kier alpha value is -2.74. The highest BCUT2D eigenvalue weighted by Crippen LogP contribution is 2.65. The number of rotatable bonds is 14. The second-order valence-corrected chi connectivity index (χ2v) is 18.9. The van der Waals surface area contributed by atoms with Crippen LogP contribution in [0.5, 0.6) is 0 Å². The fourth-order valence-electron chi connectivity index (χ4n) is 8.15. The number of Topliss-reactive ketones (excluding diaryl/α,β-unsaturated/α-hetero) is 1. The number of ketones is 1. The van der Waals surface area contributed by atoms with Gasteiger partial charge in [-0.05, 0) is 61.2 Å². The maximum atomic E-state index is 14.5. The minimum atomic E-state index is -3.55.